The molecular formula is C20H23N3O4. The average molecular weight is 369 g/mol. The molecule has 1 aromatic heterocycles. The minimum Gasteiger partial charge on any atom is -0.493 e. The van der Waals surface area contributed by atoms with Gasteiger partial charge in [0.1, 0.15) is 5.69 Å². The number of nitrogen functional groups attached to an aromatic ring is 1. The van der Waals surface area contributed by atoms with Gasteiger partial charge in [0.15, 0.2) is 11.5 Å². The summed E-state index contributed by atoms with van der Waals surface area (Å²) in [7, 11) is 4.73. The molecule has 0 aliphatic rings. The van der Waals surface area contributed by atoms with Crippen LogP contribution in [0.5, 0.6) is 11.5 Å². The lowest BCUT2D eigenvalue weighted by Gasteiger charge is -2.23. The predicted octanol–water partition coefficient (Wildman–Crippen LogP) is 3.06. The van der Waals surface area contributed by atoms with E-state index in [0.29, 0.717) is 41.7 Å². The number of nitrogens with one attached hydrogen (secondary N) is 1. The normalized spacial score (nSPS) is 10.8. The number of nitrogens with zero attached hydrogens (tertiary/aromatic N) is 1. The van der Waals surface area contributed by atoms with Crippen molar-refractivity contribution >= 4 is 28.2 Å². The van der Waals surface area contributed by atoms with Gasteiger partial charge in [0.05, 0.1) is 20.8 Å². The fourth-order valence-electron chi connectivity index (χ4n) is 2.94. The Hall–Kier alpha value is -3.19. The van der Waals surface area contributed by atoms with Gasteiger partial charge in [0.25, 0.3) is 5.91 Å². The van der Waals surface area contributed by atoms with Gasteiger partial charge in [-0.15, -0.1) is 0 Å². The van der Waals surface area contributed by atoms with E-state index in [-0.39, 0.29) is 5.91 Å². The smallest absolute Gasteiger partial charge is 0.274 e. The van der Waals surface area contributed by atoms with Crippen LogP contribution >= 0.6 is 0 Å². The van der Waals surface area contributed by atoms with Crippen LogP contribution in [0.2, 0.25) is 0 Å². The predicted molar refractivity (Wildman–Crippen MR) is 106 cm³/mol. The van der Waals surface area contributed by atoms with Crippen LogP contribution in [0, 0.1) is 0 Å². The molecule has 3 N–H and O–H groups in total. The first-order chi connectivity index (χ1) is 13.1. The largest absolute Gasteiger partial charge is 0.493 e. The fourth-order valence-corrected chi connectivity index (χ4v) is 2.94. The number of ether oxygens (including phenoxy) is 3. The average Bonchev–Trinajstić information content (AvgIpc) is 3.11. The second-order valence-electron chi connectivity index (χ2n) is 6.02. The molecule has 0 bridgehead atoms. The molecule has 7 nitrogen and oxygen atoms in total. The summed E-state index contributed by atoms with van der Waals surface area (Å²) < 4.78 is 15.8. The molecule has 2 aromatic carbocycles. The SMILES string of the molecule is COCCN(C(=O)c1cc2cc(N)ccc2[nH]1)c1ccc(OC)c(OC)c1. The number of benzene rings is 2. The molecular weight excluding hydrogens is 346 g/mol. The van der Waals surface area contributed by atoms with E-state index >= 15 is 0 Å². The monoisotopic (exact) mass is 369 g/mol. The van der Waals surface area contributed by atoms with Crippen LogP contribution in [0.1, 0.15) is 10.5 Å². The van der Waals surface area contributed by atoms with Crippen molar-refractivity contribution in [1.82, 2.24) is 4.98 Å². The minimum absolute atomic E-state index is 0.172. The number of rotatable bonds is 7. The lowest BCUT2D eigenvalue weighted by Crippen LogP contribution is -2.34. The van der Waals surface area contributed by atoms with Gasteiger partial charge in [0, 0.05) is 42.0 Å². The Morgan fingerprint density at radius 3 is 2.52 bits per heavy atom. The lowest BCUT2D eigenvalue weighted by molar-refractivity contribution is 0.0972. The molecule has 0 saturated heterocycles. The zero-order valence-corrected chi connectivity index (χ0v) is 15.6. The maximum Gasteiger partial charge on any atom is 0.274 e. The van der Waals surface area contributed by atoms with E-state index in [2.05, 4.69) is 4.98 Å². The first-order valence-electron chi connectivity index (χ1n) is 8.48. The zero-order chi connectivity index (χ0) is 19.4. The number of aromatic amines is 1. The summed E-state index contributed by atoms with van der Waals surface area (Å²) in [5, 5.41) is 0.886. The Bertz CT molecular complexity index is 952. The number of carbonyl (C=O) groups excluding carboxylic acids is 1. The van der Waals surface area contributed by atoms with Gasteiger partial charge < -0.3 is 29.8 Å². The van der Waals surface area contributed by atoms with Crippen LogP contribution in [-0.2, 0) is 4.74 Å². The van der Waals surface area contributed by atoms with E-state index < -0.39 is 0 Å². The Labute approximate surface area is 157 Å². The van der Waals surface area contributed by atoms with Crippen molar-refractivity contribution in [3.05, 3.63) is 48.2 Å². The Balaban J connectivity index is 1.99. The minimum atomic E-state index is -0.172. The van der Waals surface area contributed by atoms with E-state index in [0.717, 1.165) is 10.9 Å². The molecule has 1 heterocycles. The lowest BCUT2D eigenvalue weighted by atomic mass is 10.2. The summed E-state index contributed by atoms with van der Waals surface area (Å²) in [6, 6.07) is 12.6. The van der Waals surface area contributed by atoms with E-state index in [4.69, 9.17) is 19.9 Å². The van der Waals surface area contributed by atoms with Gasteiger partial charge >= 0.3 is 0 Å². The third kappa shape index (κ3) is 3.83. The topological polar surface area (TPSA) is 89.8 Å². The highest BCUT2D eigenvalue weighted by Gasteiger charge is 2.21. The summed E-state index contributed by atoms with van der Waals surface area (Å²) in [5.41, 5.74) is 8.50. The highest BCUT2D eigenvalue weighted by atomic mass is 16.5. The second kappa shape index (κ2) is 8.01. The maximum absolute atomic E-state index is 13.2. The van der Waals surface area contributed by atoms with Crippen molar-refractivity contribution in [2.45, 2.75) is 0 Å². The van der Waals surface area contributed by atoms with Gasteiger partial charge in [-0.05, 0) is 36.4 Å². The molecule has 0 aliphatic carbocycles. The van der Waals surface area contributed by atoms with E-state index in [1.54, 1.807) is 50.5 Å². The third-order valence-electron chi connectivity index (χ3n) is 4.32. The van der Waals surface area contributed by atoms with Gasteiger partial charge in [-0.3, -0.25) is 4.79 Å². The van der Waals surface area contributed by atoms with Crippen molar-refractivity contribution in [2.24, 2.45) is 0 Å². The van der Waals surface area contributed by atoms with Crippen molar-refractivity contribution in [2.75, 3.05) is 45.1 Å². The summed E-state index contributed by atoms with van der Waals surface area (Å²) in [6.07, 6.45) is 0. The van der Waals surface area contributed by atoms with Crippen LogP contribution < -0.4 is 20.1 Å². The first kappa shape index (κ1) is 18.6. The Morgan fingerprint density at radius 1 is 1.04 bits per heavy atom. The van der Waals surface area contributed by atoms with Crippen molar-refractivity contribution in [3.8, 4) is 11.5 Å². The third-order valence-corrected chi connectivity index (χ3v) is 4.32. The number of nitrogens with two attached hydrogens (primary N) is 1. The molecule has 1 amide bonds. The zero-order valence-electron chi connectivity index (χ0n) is 15.6. The summed E-state index contributed by atoms with van der Waals surface area (Å²) in [6.45, 7) is 0.787. The van der Waals surface area contributed by atoms with Gasteiger partial charge in [0.2, 0.25) is 0 Å². The number of H-pyrrole nitrogens is 1. The second-order valence-corrected chi connectivity index (χ2v) is 6.02. The van der Waals surface area contributed by atoms with Crippen molar-refractivity contribution in [3.63, 3.8) is 0 Å². The molecule has 27 heavy (non-hydrogen) atoms. The molecule has 0 saturated carbocycles. The van der Waals surface area contributed by atoms with E-state index in [9.17, 15) is 4.79 Å². The first-order valence-corrected chi connectivity index (χ1v) is 8.48. The number of methoxy groups -OCH3 is 3. The number of fused-ring (bicyclic) bond motifs is 1. The van der Waals surface area contributed by atoms with Crippen LogP contribution in [0.25, 0.3) is 10.9 Å². The number of anilines is 2. The molecule has 0 fully saturated rings. The summed E-state index contributed by atoms with van der Waals surface area (Å²) in [5.74, 6) is 0.977. The Morgan fingerprint density at radius 2 is 1.81 bits per heavy atom. The van der Waals surface area contributed by atoms with E-state index in [1.165, 1.54) is 0 Å². The maximum atomic E-state index is 13.2. The summed E-state index contributed by atoms with van der Waals surface area (Å²) >= 11 is 0. The quantitative estimate of drug-likeness (QED) is 0.625. The number of hydrogen-bond donors (Lipinski definition) is 2. The van der Waals surface area contributed by atoms with Crippen molar-refractivity contribution in [1.29, 1.82) is 0 Å². The van der Waals surface area contributed by atoms with E-state index in [1.807, 2.05) is 18.2 Å². The number of aromatic nitrogens is 1. The molecule has 142 valence electrons. The number of amides is 1. The van der Waals surface area contributed by atoms with Crippen LogP contribution in [-0.4, -0.2) is 45.4 Å². The van der Waals surface area contributed by atoms with Gasteiger partial charge in [-0.2, -0.15) is 0 Å². The number of hydrogen-bond acceptors (Lipinski definition) is 5. The molecule has 0 atom stereocenters. The number of carbonyl (C=O) groups is 1. The van der Waals surface area contributed by atoms with Crippen LogP contribution in [0.4, 0.5) is 11.4 Å². The fraction of sp³-hybridized carbons (Fsp3) is 0.250. The highest BCUT2D eigenvalue weighted by molar-refractivity contribution is 6.07. The molecule has 0 radical (unpaired) electrons. The molecule has 7 heteroatoms. The van der Waals surface area contributed by atoms with Crippen molar-refractivity contribution < 1.29 is 19.0 Å². The molecule has 0 spiro atoms. The molecule has 0 aliphatic heterocycles. The molecule has 3 rings (SSSR count). The molecule has 0 unspecified atom stereocenters. The standard InChI is InChI=1S/C20H23N3O4/c1-25-9-8-23(15-5-7-18(26-2)19(12-15)27-3)20(24)17-11-13-10-14(21)4-6-16(13)22-17/h4-7,10-12,22H,8-9,21H2,1-3H3. The summed E-state index contributed by atoms with van der Waals surface area (Å²) in [4.78, 5) is 18.0. The van der Waals surface area contributed by atoms with Gasteiger partial charge in [-0.1, -0.05) is 0 Å². The molecule has 3 aromatic rings. The Kier molecular flexibility index (Phi) is 5.52. The van der Waals surface area contributed by atoms with Crippen LogP contribution in [0.3, 0.4) is 0 Å². The highest BCUT2D eigenvalue weighted by Crippen LogP contribution is 2.32. The van der Waals surface area contributed by atoms with Crippen LogP contribution in [0.15, 0.2) is 42.5 Å². The van der Waals surface area contributed by atoms with Gasteiger partial charge in [-0.25, -0.2) is 0 Å².